The fraction of sp³-hybridized carbons (Fsp3) is 0.533. The molecule has 0 spiro atoms. The molecule has 0 bridgehead atoms. The Kier molecular flexibility index (Phi) is 4.39. The quantitative estimate of drug-likeness (QED) is 0.879. The van der Waals surface area contributed by atoms with Gasteiger partial charge in [-0.15, -0.1) is 0 Å². The summed E-state index contributed by atoms with van der Waals surface area (Å²) in [4.78, 5) is 12.0. The van der Waals surface area contributed by atoms with E-state index in [1.54, 1.807) is 0 Å². The standard InChI is InChI=1S/C15H21BrN2O2/c1-5-6-17-13-9-7-10(16)12(20-15(2,3)4)8-11(9)18-14(13)19/h7-8,13,17H,5-6H2,1-4H3,(H,18,19). The third-order valence-electron chi connectivity index (χ3n) is 2.95. The van der Waals surface area contributed by atoms with E-state index in [2.05, 4.69) is 33.5 Å². The van der Waals surface area contributed by atoms with Crippen LogP contribution in [0.2, 0.25) is 0 Å². The number of halogens is 1. The Bertz CT molecular complexity index is 523. The van der Waals surface area contributed by atoms with Gasteiger partial charge in [-0.1, -0.05) is 6.92 Å². The zero-order chi connectivity index (χ0) is 14.9. The van der Waals surface area contributed by atoms with Gasteiger partial charge in [0.05, 0.1) is 4.47 Å². The van der Waals surface area contributed by atoms with E-state index < -0.39 is 0 Å². The van der Waals surface area contributed by atoms with Gasteiger partial charge in [-0.2, -0.15) is 0 Å². The summed E-state index contributed by atoms with van der Waals surface area (Å²) in [6.45, 7) is 8.89. The van der Waals surface area contributed by atoms with Crippen LogP contribution < -0.4 is 15.4 Å². The van der Waals surface area contributed by atoms with Gasteiger partial charge in [0.1, 0.15) is 17.4 Å². The van der Waals surface area contributed by atoms with Gasteiger partial charge in [0, 0.05) is 17.3 Å². The van der Waals surface area contributed by atoms with Gasteiger partial charge in [0.25, 0.3) is 0 Å². The van der Waals surface area contributed by atoms with Crippen molar-refractivity contribution >= 4 is 27.5 Å². The lowest BCUT2D eigenvalue weighted by molar-refractivity contribution is -0.117. The van der Waals surface area contributed by atoms with E-state index >= 15 is 0 Å². The van der Waals surface area contributed by atoms with Gasteiger partial charge in [-0.3, -0.25) is 4.79 Å². The maximum absolute atomic E-state index is 12.0. The number of hydrogen-bond acceptors (Lipinski definition) is 3. The number of benzene rings is 1. The van der Waals surface area contributed by atoms with E-state index in [1.165, 1.54) is 0 Å². The van der Waals surface area contributed by atoms with Crippen LogP contribution in [-0.4, -0.2) is 18.1 Å². The minimum Gasteiger partial charge on any atom is -0.487 e. The van der Waals surface area contributed by atoms with Crippen molar-refractivity contribution < 1.29 is 9.53 Å². The van der Waals surface area contributed by atoms with Crippen molar-refractivity contribution in [3.63, 3.8) is 0 Å². The zero-order valence-corrected chi connectivity index (χ0v) is 13.9. The maximum atomic E-state index is 12.0. The van der Waals surface area contributed by atoms with Crippen molar-refractivity contribution in [3.8, 4) is 5.75 Å². The summed E-state index contributed by atoms with van der Waals surface area (Å²) in [6, 6.07) is 3.57. The Morgan fingerprint density at radius 2 is 2.10 bits per heavy atom. The lowest BCUT2D eigenvalue weighted by Crippen LogP contribution is -2.28. The first kappa shape index (κ1) is 15.3. The van der Waals surface area contributed by atoms with Gasteiger partial charge in [-0.05, 0) is 55.7 Å². The maximum Gasteiger partial charge on any atom is 0.246 e. The molecule has 2 rings (SSSR count). The smallest absolute Gasteiger partial charge is 0.246 e. The van der Waals surface area contributed by atoms with Gasteiger partial charge < -0.3 is 15.4 Å². The van der Waals surface area contributed by atoms with E-state index in [1.807, 2.05) is 32.9 Å². The van der Waals surface area contributed by atoms with Gasteiger partial charge in [-0.25, -0.2) is 0 Å². The first-order valence-electron chi connectivity index (χ1n) is 6.88. The van der Waals surface area contributed by atoms with E-state index in [0.29, 0.717) is 0 Å². The SMILES string of the molecule is CCCNC1C(=O)Nc2cc(OC(C)(C)C)c(Br)cc21. The number of rotatable bonds is 4. The molecule has 0 aromatic heterocycles. The van der Waals surface area contributed by atoms with Crippen LogP contribution >= 0.6 is 15.9 Å². The molecule has 1 amide bonds. The fourth-order valence-electron chi connectivity index (χ4n) is 2.16. The second-order valence-electron chi connectivity index (χ2n) is 5.96. The molecular formula is C15H21BrN2O2. The van der Waals surface area contributed by atoms with Gasteiger partial charge >= 0.3 is 0 Å². The van der Waals surface area contributed by atoms with E-state index in [-0.39, 0.29) is 17.6 Å². The van der Waals surface area contributed by atoms with Gasteiger partial charge in [0.15, 0.2) is 0 Å². The molecule has 1 aliphatic rings. The third-order valence-corrected chi connectivity index (χ3v) is 3.57. The van der Waals surface area contributed by atoms with Crippen LogP contribution in [0.3, 0.4) is 0 Å². The predicted octanol–water partition coefficient (Wildman–Crippen LogP) is 3.62. The Morgan fingerprint density at radius 1 is 1.40 bits per heavy atom. The number of fused-ring (bicyclic) bond motifs is 1. The summed E-state index contributed by atoms with van der Waals surface area (Å²) >= 11 is 3.53. The third kappa shape index (κ3) is 3.33. The summed E-state index contributed by atoms with van der Waals surface area (Å²) in [5, 5.41) is 6.17. The lowest BCUT2D eigenvalue weighted by atomic mass is 10.1. The molecule has 1 heterocycles. The van der Waals surface area contributed by atoms with Crippen LogP contribution in [0.1, 0.15) is 45.7 Å². The Balaban J connectivity index is 2.30. The largest absolute Gasteiger partial charge is 0.487 e. The Hall–Kier alpha value is -1.07. The molecule has 1 atom stereocenters. The molecule has 1 aromatic rings. The van der Waals surface area contributed by atoms with Crippen molar-refractivity contribution in [2.45, 2.75) is 45.8 Å². The first-order chi connectivity index (χ1) is 9.31. The number of nitrogens with one attached hydrogen (secondary N) is 2. The number of ether oxygens (including phenoxy) is 1. The molecule has 20 heavy (non-hydrogen) atoms. The molecule has 0 saturated carbocycles. The second kappa shape index (κ2) is 5.74. The van der Waals surface area contributed by atoms with Crippen LogP contribution in [0, 0.1) is 0 Å². The molecule has 1 unspecified atom stereocenters. The van der Waals surface area contributed by atoms with E-state index in [0.717, 1.165) is 34.4 Å². The minimum atomic E-state index is -0.279. The molecule has 4 nitrogen and oxygen atoms in total. The van der Waals surface area contributed by atoms with Crippen LogP contribution in [0.4, 0.5) is 5.69 Å². The van der Waals surface area contributed by atoms with Crippen molar-refractivity contribution in [1.29, 1.82) is 0 Å². The highest BCUT2D eigenvalue weighted by Crippen LogP contribution is 2.39. The summed E-state index contributed by atoms with van der Waals surface area (Å²) in [7, 11) is 0. The Morgan fingerprint density at radius 3 is 2.70 bits per heavy atom. The number of carbonyl (C=O) groups excluding carboxylic acids is 1. The van der Waals surface area contributed by atoms with Crippen molar-refractivity contribution in [3.05, 3.63) is 22.2 Å². The number of amides is 1. The first-order valence-corrected chi connectivity index (χ1v) is 7.68. The van der Waals surface area contributed by atoms with Gasteiger partial charge in [0.2, 0.25) is 5.91 Å². The Labute approximate surface area is 128 Å². The molecule has 0 saturated heterocycles. The summed E-state index contributed by atoms with van der Waals surface area (Å²) < 4.78 is 6.76. The van der Waals surface area contributed by atoms with Crippen molar-refractivity contribution in [2.75, 3.05) is 11.9 Å². The molecule has 0 aliphatic carbocycles. The summed E-state index contributed by atoms with van der Waals surface area (Å²) in [6.07, 6.45) is 0.992. The number of carbonyl (C=O) groups is 1. The second-order valence-corrected chi connectivity index (χ2v) is 6.82. The summed E-state index contributed by atoms with van der Waals surface area (Å²) in [5.41, 5.74) is 1.52. The average molecular weight is 341 g/mol. The average Bonchev–Trinajstić information content (AvgIpc) is 2.61. The van der Waals surface area contributed by atoms with Crippen molar-refractivity contribution in [2.24, 2.45) is 0 Å². The highest BCUT2D eigenvalue weighted by molar-refractivity contribution is 9.10. The van der Waals surface area contributed by atoms with E-state index in [9.17, 15) is 4.79 Å². The number of anilines is 1. The van der Waals surface area contributed by atoms with E-state index in [4.69, 9.17) is 4.74 Å². The van der Waals surface area contributed by atoms with Crippen LogP contribution in [0.5, 0.6) is 5.75 Å². The molecular weight excluding hydrogens is 320 g/mol. The van der Waals surface area contributed by atoms with Crippen LogP contribution in [0.25, 0.3) is 0 Å². The van der Waals surface area contributed by atoms with Crippen LogP contribution in [0.15, 0.2) is 16.6 Å². The molecule has 110 valence electrons. The normalized spacial score (nSPS) is 17.9. The molecule has 0 fully saturated rings. The lowest BCUT2D eigenvalue weighted by Gasteiger charge is -2.23. The molecule has 1 aliphatic heterocycles. The minimum absolute atomic E-state index is 0.00624. The topological polar surface area (TPSA) is 50.4 Å². The zero-order valence-electron chi connectivity index (χ0n) is 12.3. The molecule has 0 radical (unpaired) electrons. The van der Waals surface area contributed by atoms with Crippen molar-refractivity contribution in [1.82, 2.24) is 5.32 Å². The highest BCUT2D eigenvalue weighted by Gasteiger charge is 2.31. The highest BCUT2D eigenvalue weighted by atomic mass is 79.9. The monoisotopic (exact) mass is 340 g/mol. The van der Waals surface area contributed by atoms with Crippen LogP contribution in [-0.2, 0) is 4.79 Å². The fourth-order valence-corrected chi connectivity index (χ4v) is 2.60. The number of hydrogen-bond donors (Lipinski definition) is 2. The molecule has 1 aromatic carbocycles. The molecule has 2 N–H and O–H groups in total. The molecule has 5 heteroatoms. The predicted molar refractivity (Wildman–Crippen MR) is 84.2 cm³/mol. The summed E-state index contributed by atoms with van der Waals surface area (Å²) in [5.74, 6) is 0.737.